The molecular formula is C16H23FN2O. The van der Waals surface area contributed by atoms with Crippen molar-refractivity contribution in [1.29, 1.82) is 0 Å². The average molecular weight is 278 g/mol. The molecule has 1 aromatic carbocycles. The molecule has 2 unspecified atom stereocenters. The molecule has 1 aromatic rings. The van der Waals surface area contributed by atoms with Crippen LogP contribution in [0.25, 0.3) is 0 Å². The lowest BCUT2D eigenvalue weighted by Crippen LogP contribution is -2.50. The van der Waals surface area contributed by atoms with E-state index in [-0.39, 0.29) is 18.1 Å². The van der Waals surface area contributed by atoms with Crippen LogP contribution in [0, 0.1) is 11.7 Å². The number of amides is 1. The van der Waals surface area contributed by atoms with Crippen LogP contribution in [0.4, 0.5) is 4.39 Å². The third-order valence-electron chi connectivity index (χ3n) is 4.28. The van der Waals surface area contributed by atoms with Crippen LogP contribution in [0.15, 0.2) is 24.3 Å². The predicted molar refractivity (Wildman–Crippen MR) is 77.9 cm³/mol. The van der Waals surface area contributed by atoms with Crippen LogP contribution in [0.3, 0.4) is 0 Å². The van der Waals surface area contributed by atoms with E-state index in [0.29, 0.717) is 17.5 Å². The second-order valence-corrected chi connectivity index (χ2v) is 5.46. The highest BCUT2D eigenvalue weighted by molar-refractivity contribution is 5.79. The minimum atomic E-state index is -0.294. The summed E-state index contributed by atoms with van der Waals surface area (Å²) in [7, 11) is 1.98. The van der Waals surface area contributed by atoms with Gasteiger partial charge in [-0.2, -0.15) is 0 Å². The maximum absolute atomic E-state index is 13.6. The topological polar surface area (TPSA) is 32.3 Å². The Morgan fingerprint density at radius 1 is 1.45 bits per heavy atom. The van der Waals surface area contributed by atoms with Crippen molar-refractivity contribution in [3.8, 4) is 0 Å². The van der Waals surface area contributed by atoms with Crippen LogP contribution in [0.1, 0.15) is 25.3 Å². The Kier molecular flexibility index (Phi) is 5.12. The summed E-state index contributed by atoms with van der Waals surface area (Å²) in [5, 5.41) is 3.33. The molecular weight excluding hydrogens is 255 g/mol. The van der Waals surface area contributed by atoms with Gasteiger partial charge in [-0.15, -0.1) is 0 Å². The second-order valence-electron chi connectivity index (χ2n) is 5.46. The normalized spacial score (nSPS) is 22.9. The molecule has 0 bridgehead atoms. The molecule has 1 amide bonds. The molecule has 1 heterocycles. The smallest absolute Gasteiger partial charge is 0.227 e. The molecule has 1 N–H and O–H groups in total. The number of hydrogen-bond acceptors (Lipinski definition) is 2. The monoisotopic (exact) mass is 278 g/mol. The fourth-order valence-electron chi connectivity index (χ4n) is 2.97. The Morgan fingerprint density at radius 2 is 2.20 bits per heavy atom. The largest absolute Gasteiger partial charge is 0.342 e. The SMILES string of the molecule is CCC1CN(C(=O)Cc2ccccc2F)CCC1NC. The van der Waals surface area contributed by atoms with E-state index in [0.717, 1.165) is 25.9 Å². The third-order valence-corrected chi connectivity index (χ3v) is 4.28. The number of piperidine rings is 1. The highest BCUT2D eigenvalue weighted by Crippen LogP contribution is 2.21. The highest BCUT2D eigenvalue weighted by atomic mass is 19.1. The van der Waals surface area contributed by atoms with Gasteiger partial charge in [0, 0.05) is 19.1 Å². The molecule has 3 nitrogen and oxygen atoms in total. The van der Waals surface area contributed by atoms with E-state index in [4.69, 9.17) is 0 Å². The highest BCUT2D eigenvalue weighted by Gasteiger charge is 2.29. The summed E-state index contributed by atoms with van der Waals surface area (Å²) in [6.07, 6.45) is 2.18. The van der Waals surface area contributed by atoms with Crippen LogP contribution in [-0.2, 0) is 11.2 Å². The van der Waals surface area contributed by atoms with Crippen LogP contribution in [0.2, 0.25) is 0 Å². The number of benzene rings is 1. The van der Waals surface area contributed by atoms with Gasteiger partial charge < -0.3 is 10.2 Å². The van der Waals surface area contributed by atoms with E-state index in [1.54, 1.807) is 18.2 Å². The number of carbonyl (C=O) groups excluding carboxylic acids is 1. The van der Waals surface area contributed by atoms with Crippen LogP contribution >= 0.6 is 0 Å². The summed E-state index contributed by atoms with van der Waals surface area (Å²) >= 11 is 0. The van der Waals surface area contributed by atoms with E-state index < -0.39 is 0 Å². The molecule has 1 saturated heterocycles. The first-order valence-corrected chi connectivity index (χ1v) is 7.34. The molecule has 0 aliphatic carbocycles. The number of halogens is 1. The molecule has 20 heavy (non-hydrogen) atoms. The van der Waals surface area contributed by atoms with Gasteiger partial charge in [0.05, 0.1) is 6.42 Å². The van der Waals surface area contributed by atoms with E-state index in [2.05, 4.69) is 12.2 Å². The van der Waals surface area contributed by atoms with Crippen LogP contribution in [0.5, 0.6) is 0 Å². The average Bonchev–Trinajstić information content (AvgIpc) is 2.48. The first-order chi connectivity index (χ1) is 9.65. The van der Waals surface area contributed by atoms with Crippen molar-refractivity contribution in [3.63, 3.8) is 0 Å². The van der Waals surface area contributed by atoms with Gasteiger partial charge in [-0.1, -0.05) is 31.5 Å². The zero-order chi connectivity index (χ0) is 14.5. The summed E-state index contributed by atoms with van der Waals surface area (Å²) in [4.78, 5) is 14.2. The maximum atomic E-state index is 13.6. The Labute approximate surface area is 120 Å². The standard InChI is InChI=1S/C16H23FN2O/c1-3-12-11-19(9-8-15(12)18-2)16(20)10-13-6-4-5-7-14(13)17/h4-7,12,15,18H,3,8-11H2,1-2H3. The fraction of sp³-hybridized carbons (Fsp3) is 0.562. The van der Waals surface area contributed by atoms with Gasteiger partial charge in [-0.05, 0) is 31.0 Å². The minimum absolute atomic E-state index is 0.0307. The van der Waals surface area contributed by atoms with Crippen molar-refractivity contribution in [2.45, 2.75) is 32.2 Å². The van der Waals surface area contributed by atoms with Crippen molar-refractivity contribution in [3.05, 3.63) is 35.6 Å². The molecule has 1 aliphatic rings. The summed E-state index contributed by atoms with van der Waals surface area (Å²) in [5.74, 6) is 0.222. The minimum Gasteiger partial charge on any atom is -0.342 e. The summed E-state index contributed by atoms with van der Waals surface area (Å²) < 4.78 is 13.6. The molecule has 110 valence electrons. The number of likely N-dealkylation sites (tertiary alicyclic amines) is 1. The van der Waals surface area contributed by atoms with Crippen molar-refractivity contribution in [2.24, 2.45) is 5.92 Å². The van der Waals surface area contributed by atoms with Crippen molar-refractivity contribution in [2.75, 3.05) is 20.1 Å². The maximum Gasteiger partial charge on any atom is 0.227 e. The van der Waals surface area contributed by atoms with Crippen molar-refractivity contribution >= 4 is 5.91 Å². The quantitative estimate of drug-likeness (QED) is 0.916. The summed E-state index contributed by atoms with van der Waals surface area (Å²) in [6.45, 7) is 3.68. The molecule has 0 radical (unpaired) electrons. The first-order valence-electron chi connectivity index (χ1n) is 7.34. The molecule has 0 saturated carbocycles. The predicted octanol–water partition coefficient (Wildman–Crippen LogP) is 2.21. The summed E-state index contributed by atoms with van der Waals surface area (Å²) in [5.41, 5.74) is 0.487. The van der Waals surface area contributed by atoms with Gasteiger partial charge in [-0.25, -0.2) is 4.39 Å². The van der Waals surface area contributed by atoms with E-state index in [9.17, 15) is 9.18 Å². The lowest BCUT2D eigenvalue weighted by Gasteiger charge is -2.38. The number of hydrogen-bond donors (Lipinski definition) is 1. The number of nitrogens with one attached hydrogen (secondary N) is 1. The molecule has 2 rings (SSSR count). The fourth-order valence-corrected chi connectivity index (χ4v) is 2.97. The second kappa shape index (κ2) is 6.84. The zero-order valence-corrected chi connectivity index (χ0v) is 12.2. The first kappa shape index (κ1) is 15.0. The zero-order valence-electron chi connectivity index (χ0n) is 12.2. The molecule has 0 spiro atoms. The van der Waals surface area contributed by atoms with Gasteiger partial charge in [0.2, 0.25) is 5.91 Å². The Hall–Kier alpha value is -1.42. The number of nitrogens with zero attached hydrogens (tertiary/aromatic N) is 1. The lowest BCUT2D eigenvalue weighted by atomic mass is 9.90. The third kappa shape index (κ3) is 3.37. The van der Waals surface area contributed by atoms with Gasteiger partial charge in [0.1, 0.15) is 5.82 Å². The van der Waals surface area contributed by atoms with Gasteiger partial charge in [0.15, 0.2) is 0 Å². The molecule has 4 heteroatoms. The molecule has 2 atom stereocenters. The Morgan fingerprint density at radius 3 is 2.85 bits per heavy atom. The van der Waals surface area contributed by atoms with Gasteiger partial charge in [-0.3, -0.25) is 4.79 Å². The molecule has 0 aromatic heterocycles. The Balaban J connectivity index is 1.98. The number of rotatable bonds is 4. The van der Waals surface area contributed by atoms with E-state index in [1.807, 2.05) is 11.9 Å². The van der Waals surface area contributed by atoms with E-state index >= 15 is 0 Å². The van der Waals surface area contributed by atoms with Gasteiger partial charge in [0.25, 0.3) is 0 Å². The number of carbonyl (C=O) groups is 1. The molecule has 1 aliphatic heterocycles. The molecule has 1 fully saturated rings. The van der Waals surface area contributed by atoms with Gasteiger partial charge >= 0.3 is 0 Å². The van der Waals surface area contributed by atoms with Crippen molar-refractivity contribution in [1.82, 2.24) is 10.2 Å². The van der Waals surface area contributed by atoms with Crippen LogP contribution in [-0.4, -0.2) is 37.0 Å². The van der Waals surface area contributed by atoms with Crippen LogP contribution < -0.4 is 5.32 Å². The van der Waals surface area contributed by atoms with E-state index in [1.165, 1.54) is 6.07 Å². The van der Waals surface area contributed by atoms with Crippen molar-refractivity contribution < 1.29 is 9.18 Å². The Bertz CT molecular complexity index is 464. The lowest BCUT2D eigenvalue weighted by molar-refractivity contribution is -0.132. The summed E-state index contributed by atoms with van der Waals surface area (Å²) in [6, 6.07) is 7.00.